The largest absolute Gasteiger partial charge is 0.755 e. The standard InChI is InChI=1S/C12H19N3O2S/c1-10-7-11(13-18(16)17)9-12(8-10)15-5-3-14(2)4-6-15/h7-9,13H,3-6H2,1-2H3,(H,16,17)/p-1. The molecule has 5 nitrogen and oxygen atoms in total. The highest BCUT2D eigenvalue weighted by Gasteiger charge is 2.14. The van der Waals surface area contributed by atoms with Gasteiger partial charge in [-0.3, -0.25) is 4.21 Å². The Labute approximate surface area is 110 Å². The van der Waals surface area contributed by atoms with Crippen LogP contribution < -0.4 is 9.62 Å². The zero-order valence-corrected chi connectivity index (χ0v) is 11.5. The third-order valence-corrected chi connectivity index (χ3v) is 3.53. The van der Waals surface area contributed by atoms with Crippen molar-refractivity contribution in [3.63, 3.8) is 0 Å². The van der Waals surface area contributed by atoms with E-state index in [1.54, 1.807) is 0 Å². The molecule has 1 fully saturated rings. The lowest BCUT2D eigenvalue weighted by Gasteiger charge is -2.34. The van der Waals surface area contributed by atoms with Gasteiger partial charge in [-0.1, -0.05) is 0 Å². The lowest BCUT2D eigenvalue weighted by atomic mass is 10.1. The van der Waals surface area contributed by atoms with Crippen LogP contribution in [-0.2, 0) is 11.3 Å². The minimum atomic E-state index is -2.27. The molecule has 0 aliphatic carbocycles. The van der Waals surface area contributed by atoms with Gasteiger partial charge in [-0.2, -0.15) is 0 Å². The van der Waals surface area contributed by atoms with E-state index in [0.29, 0.717) is 5.69 Å². The van der Waals surface area contributed by atoms with Crippen LogP contribution in [0.4, 0.5) is 11.4 Å². The van der Waals surface area contributed by atoms with Crippen LogP contribution in [0.2, 0.25) is 0 Å². The Morgan fingerprint density at radius 2 is 1.89 bits per heavy atom. The van der Waals surface area contributed by atoms with Crippen molar-refractivity contribution in [2.45, 2.75) is 6.92 Å². The number of likely N-dealkylation sites (N-methyl/N-ethyl adjacent to an activating group) is 1. The summed E-state index contributed by atoms with van der Waals surface area (Å²) in [4.78, 5) is 4.57. The van der Waals surface area contributed by atoms with E-state index in [4.69, 9.17) is 0 Å². The molecule has 2 rings (SSSR count). The van der Waals surface area contributed by atoms with Gasteiger partial charge in [0.05, 0.1) is 0 Å². The average Bonchev–Trinajstić information content (AvgIpc) is 2.28. The number of piperazine rings is 1. The maximum absolute atomic E-state index is 10.7. The van der Waals surface area contributed by atoms with Crippen LogP contribution in [0.5, 0.6) is 0 Å². The molecule has 1 atom stereocenters. The molecule has 1 aliphatic rings. The molecule has 0 bridgehead atoms. The molecule has 1 unspecified atom stereocenters. The number of hydrogen-bond donors (Lipinski definition) is 1. The average molecular weight is 268 g/mol. The van der Waals surface area contributed by atoms with E-state index in [2.05, 4.69) is 27.6 Å². The van der Waals surface area contributed by atoms with Crippen molar-refractivity contribution in [1.29, 1.82) is 0 Å². The van der Waals surface area contributed by atoms with Gasteiger partial charge >= 0.3 is 0 Å². The molecular formula is C12H18N3O2S-. The number of hydrogen-bond acceptors (Lipinski definition) is 4. The minimum Gasteiger partial charge on any atom is -0.755 e. The molecule has 0 spiro atoms. The number of anilines is 2. The quantitative estimate of drug-likeness (QED) is 0.829. The fraction of sp³-hybridized carbons (Fsp3) is 0.500. The summed E-state index contributed by atoms with van der Waals surface area (Å²) in [5.74, 6) is 0. The highest BCUT2D eigenvalue weighted by molar-refractivity contribution is 7.80. The fourth-order valence-corrected chi connectivity index (χ4v) is 2.48. The van der Waals surface area contributed by atoms with Crippen molar-refractivity contribution in [1.82, 2.24) is 4.90 Å². The van der Waals surface area contributed by atoms with Gasteiger partial charge in [-0.05, 0) is 37.7 Å². The summed E-state index contributed by atoms with van der Waals surface area (Å²) in [5, 5.41) is 0. The van der Waals surface area contributed by atoms with Gasteiger partial charge < -0.3 is 19.1 Å². The predicted molar refractivity (Wildman–Crippen MR) is 73.4 cm³/mol. The predicted octanol–water partition coefficient (Wildman–Crippen LogP) is 0.953. The fourth-order valence-electron chi connectivity index (χ4n) is 2.17. The first-order valence-electron chi connectivity index (χ1n) is 5.96. The second-order valence-electron chi connectivity index (χ2n) is 4.68. The summed E-state index contributed by atoms with van der Waals surface area (Å²) in [5.41, 5.74) is 2.76. The number of benzene rings is 1. The molecule has 1 saturated heterocycles. The highest BCUT2D eigenvalue weighted by Crippen LogP contribution is 2.23. The van der Waals surface area contributed by atoms with Crippen LogP contribution in [0.25, 0.3) is 0 Å². The third kappa shape index (κ3) is 3.44. The Kier molecular flexibility index (Phi) is 4.21. The first-order valence-corrected chi connectivity index (χ1v) is 7.03. The first kappa shape index (κ1) is 13.3. The Bertz CT molecular complexity index is 445. The SMILES string of the molecule is Cc1cc(NS(=O)[O-])cc(N2CCN(C)CC2)c1. The molecule has 0 aromatic heterocycles. The Morgan fingerprint density at radius 1 is 1.22 bits per heavy atom. The molecule has 0 saturated carbocycles. The maximum Gasteiger partial charge on any atom is 0.0475 e. The summed E-state index contributed by atoms with van der Waals surface area (Å²) in [6, 6.07) is 5.80. The van der Waals surface area contributed by atoms with E-state index in [-0.39, 0.29) is 0 Å². The Morgan fingerprint density at radius 3 is 2.50 bits per heavy atom. The van der Waals surface area contributed by atoms with E-state index < -0.39 is 11.3 Å². The van der Waals surface area contributed by atoms with Gasteiger partial charge in [0.15, 0.2) is 0 Å². The monoisotopic (exact) mass is 268 g/mol. The number of nitrogens with one attached hydrogen (secondary N) is 1. The van der Waals surface area contributed by atoms with Crippen molar-refractivity contribution in [2.75, 3.05) is 42.8 Å². The van der Waals surface area contributed by atoms with Crippen molar-refractivity contribution < 1.29 is 8.76 Å². The van der Waals surface area contributed by atoms with Gasteiger partial charge in [0.1, 0.15) is 0 Å². The topological polar surface area (TPSA) is 58.6 Å². The molecule has 1 aromatic carbocycles. The smallest absolute Gasteiger partial charge is 0.0475 e. The van der Waals surface area contributed by atoms with Gasteiger partial charge in [0, 0.05) is 48.8 Å². The molecule has 6 heteroatoms. The van der Waals surface area contributed by atoms with E-state index in [1.165, 1.54) is 0 Å². The van der Waals surface area contributed by atoms with Crippen LogP contribution in [-0.4, -0.2) is 46.9 Å². The van der Waals surface area contributed by atoms with Gasteiger partial charge in [0.2, 0.25) is 0 Å². The normalized spacial score (nSPS) is 18.7. The van der Waals surface area contributed by atoms with E-state index >= 15 is 0 Å². The van der Waals surface area contributed by atoms with Crippen LogP contribution >= 0.6 is 0 Å². The zero-order chi connectivity index (χ0) is 13.1. The number of nitrogens with zero attached hydrogens (tertiary/aromatic N) is 2. The van der Waals surface area contributed by atoms with Crippen LogP contribution in [0.15, 0.2) is 18.2 Å². The van der Waals surface area contributed by atoms with Crippen LogP contribution in [0, 0.1) is 6.92 Å². The summed E-state index contributed by atoms with van der Waals surface area (Å²) >= 11 is -2.27. The van der Waals surface area contributed by atoms with Gasteiger partial charge in [-0.15, -0.1) is 0 Å². The number of rotatable bonds is 3. The Balaban J connectivity index is 2.17. The molecule has 1 aliphatic heterocycles. The second kappa shape index (κ2) is 5.69. The molecule has 1 heterocycles. The molecule has 0 amide bonds. The maximum atomic E-state index is 10.7. The third-order valence-electron chi connectivity index (χ3n) is 3.13. The molecule has 1 N–H and O–H groups in total. The lowest BCUT2D eigenvalue weighted by Crippen LogP contribution is -2.44. The van der Waals surface area contributed by atoms with Crippen molar-refractivity contribution in [3.8, 4) is 0 Å². The van der Waals surface area contributed by atoms with E-state index in [9.17, 15) is 8.76 Å². The van der Waals surface area contributed by atoms with Crippen molar-refractivity contribution in [3.05, 3.63) is 23.8 Å². The van der Waals surface area contributed by atoms with Crippen molar-refractivity contribution in [2.24, 2.45) is 0 Å². The lowest BCUT2D eigenvalue weighted by molar-refractivity contribution is 0.313. The van der Waals surface area contributed by atoms with Crippen LogP contribution in [0.3, 0.4) is 0 Å². The second-order valence-corrected chi connectivity index (χ2v) is 5.36. The Hall–Kier alpha value is -1.11. The molecule has 100 valence electrons. The molecule has 0 radical (unpaired) electrons. The summed E-state index contributed by atoms with van der Waals surface area (Å²) in [6.07, 6.45) is 0. The molecule has 1 aromatic rings. The van der Waals surface area contributed by atoms with Gasteiger partial charge in [0.25, 0.3) is 0 Å². The van der Waals surface area contributed by atoms with Gasteiger partial charge in [-0.25, -0.2) is 0 Å². The van der Waals surface area contributed by atoms with Crippen molar-refractivity contribution >= 4 is 22.6 Å². The van der Waals surface area contributed by atoms with E-state index in [0.717, 1.165) is 37.4 Å². The first-order chi connectivity index (χ1) is 8.54. The molecule has 18 heavy (non-hydrogen) atoms. The molecular weight excluding hydrogens is 250 g/mol. The van der Waals surface area contributed by atoms with E-state index in [1.807, 2.05) is 19.1 Å². The number of aryl methyl sites for hydroxylation is 1. The highest BCUT2D eigenvalue weighted by atomic mass is 32.2. The zero-order valence-electron chi connectivity index (χ0n) is 10.7. The van der Waals surface area contributed by atoms with Crippen LogP contribution in [0.1, 0.15) is 5.56 Å². The summed E-state index contributed by atoms with van der Waals surface area (Å²) < 4.78 is 23.8. The minimum absolute atomic E-state index is 0.622. The summed E-state index contributed by atoms with van der Waals surface area (Å²) in [6.45, 7) is 5.98. The summed E-state index contributed by atoms with van der Waals surface area (Å²) in [7, 11) is 2.11.